The zero-order chi connectivity index (χ0) is 28.0. The Morgan fingerprint density at radius 1 is 1.15 bits per heavy atom. The van der Waals surface area contributed by atoms with Crippen LogP contribution in [0.25, 0.3) is 6.08 Å². The summed E-state index contributed by atoms with van der Waals surface area (Å²) in [6, 6.07) is 7.91. The van der Waals surface area contributed by atoms with E-state index in [1.54, 1.807) is 18.0 Å². The van der Waals surface area contributed by atoms with Gasteiger partial charge in [0.15, 0.2) is 11.5 Å². The van der Waals surface area contributed by atoms with Crippen LogP contribution in [0.15, 0.2) is 42.5 Å². The minimum absolute atomic E-state index is 0.0440. The molecule has 3 aliphatic carbocycles. The highest BCUT2D eigenvalue weighted by Gasteiger charge is 2.73. The second kappa shape index (κ2) is 8.73. The molecular weight excluding hydrogens is 521 g/mol. The van der Waals surface area contributed by atoms with Gasteiger partial charge in [0, 0.05) is 31.3 Å². The molecule has 7 rings (SSSR count). The lowest BCUT2D eigenvalue weighted by Gasteiger charge is -2.64. The van der Waals surface area contributed by atoms with Gasteiger partial charge in [0.25, 0.3) is 0 Å². The molecule has 3 fully saturated rings. The molecule has 1 amide bonds. The van der Waals surface area contributed by atoms with Gasteiger partial charge in [-0.2, -0.15) is 13.2 Å². The third-order valence-electron chi connectivity index (χ3n) is 10.2. The third kappa shape index (κ3) is 3.66. The zero-order valence-electron chi connectivity index (χ0n) is 22.3. The summed E-state index contributed by atoms with van der Waals surface area (Å²) < 4.78 is 45.2. The number of phenolic OH excluding ortho intramolecular Hbond substituents is 1. The Labute approximate surface area is 231 Å². The lowest BCUT2D eigenvalue weighted by atomic mass is 9.48. The predicted molar refractivity (Wildman–Crippen MR) is 142 cm³/mol. The number of rotatable bonds is 5. The van der Waals surface area contributed by atoms with Crippen LogP contribution < -0.4 is 4.74 Å². The number of ether oxygens (including phenoxy) is 1. The van der Waals surface area contributed by atoms with E-state index in [1.165, 1.54) is 37.1 Å². The van der Waals surface area contributed by atoms with Gasteiger partial charge in [-0.15, -0.1) is 0 Å². The number of piperidine rings is 1. The van der Waals surface area contributed by atoms with E-state index < -0.39 is 28.9 Å². The van der Waals surface area contributed by atoms with E-state index >= 15 is 0 Å². The molecule has 1 saturated heterocycles. The minimum Gasteiger partial charge on any atom is -0.504 e. The van der Waals surface area contributed by atoms with Crippen molar-refractivity contribution in [2.24, 2.45) is 5.92 Å². The van der Waals surface area contributed by atoms with Crippen LogP contribution in [0.2, 0.25) is 0 Å². The number of alkyl halides is 3. The van der Waals surface area contributed by atoms with E-state index in [0.717, 1.165) is 36.3 Å². The first-order valence-electron chi connectivity index (χ1n) is 14.1. The molecule has 40 heavy (non-hydrogen) atoms. The van der Waals surface area contributed by atoms with Crippen LogP contribution in [0.5, 0.6) is 11.5 Å². The van der Waals surface area contributed by atoms with Gasteiger partial charge in [-0.05, 0) is 86.4 Å². The average molecular weight is 555 g/mol. The van der Waals surface area contributed by atoms with Gasteiger partial charge in [0.1, 0.15) is 6.10 Å². The lowest BCUT2D eigenvalue weighted by Crippen LogP contribution is -2.78. The Morgan fingerprint density at radius 2 is 1.90 bits per heavy atom. The monoisotopic (exact) mass is 554 g/mol. The molecule has 9 heteroatoms. The molecule has 2 aromatic carbocycles. The number of aromatic hydroxyl groups is 1. The number of carbonyl (C=O) groups is 1. The van der Waals surface area contributed by atoms with Crippen molar-refractivity contribution in [3.63, 3.8) is 0 Å². The van der Waals surface area contributed by atoms with Crippen LogP contribution >= 0.6 is 0 Å². The van der Waals surface area contributed by atoms with Crippen molar-refractivity contribution in [2.75, 3.05) is 20.1 Å². The molecular formula is C31H33F3N2O4. The van der Waals surface area contributed by atoms with Crippen LogP contribution in [-0.4, -0.2) is 69.8 Å². The predicted octanol–water partition coefficient (Wildman–Crippen LogP) is 4.52. The summed E-state index contributed by atoms with van der Waals surface area (Å²) in [5.74, 6) is 0.887. The van der Waals surface area contributed by atoms with E-state index in [2.05, 4.69) is 4.90 Å². The molecule has 5 atom stereocenters. The number of hydrogen-bond acceptors (Lipinski definition) is 5. The van der Waals surface area contributed by atoms with Gasteiger partial charge in [0.2, 0.25) is 5.91 Å². The molecule has 2 bridgehead atoms. The molecule has 2 heterocycles. The highest BCUT2D eigenvalue weighted by Crippen LogP contribution is 2.66. The van der Waals surface area contributed by atoms with E-state index in [4.69, 9.17) is 4.74 Å². The van der Waals surface area contributed by atoms with E-state index in [-0.39, 0.29) is 23.7 Å². The van der Waals surface area contributed by atoms with Crippen molar-refractivity contribution in [3.05, 3.63) is 64.7 Å². The largest absolute Gasteiger partial charge is 0.504 e. The maximum absolute atomic E-state index is 13.3. The Kier molecular flexibility index (Phi) is 5.65. The van der Waals surface area contributed by atoms with Gasteiger partial charge in [-0.1, -0.05) is 18.2 Å². The van der Waals surface area contributed by atoms with Crippen molar-refractivity contribution in [2.45, 2.75) is 73.9 Å². The van der Waals surface area contributed by atoms with Crippen LogP contribution in [0.1, 0.15) is 54.4 Å². The minimum atomic E-state index is -4.42. The second-order valence-corrected chi connectivity index (χ2v) is 12.3. The van der Waals surface area contributed by atoms with Crippen molar-refractivity contribution in [1.82, 2.24) is 9.80 Å². The normalized spacial score (nSPS) is 32.6. The van der Waals surface area contributed by atoms with Gasteiger partial charge < -0.3 is 19.8 Å². The van der Waals surface area contributed by atoms with Gasteiger partial charge in [0.05, 0.1) is 22.6 Å². The van der Waals surface area contributed by atoms with Crippen LogP contribution in [0.3, 0.4) is 0 Å². The van der Waals surface area contributed by atoms with Gasteiger partial charge >= 0.3 is 6.18 Å². The number of likely N-dealkylation sites (N-methyl/N-ethyl adjacent to an activating group) is 1. The number of aliphatic hydroxyl groups is 1. The quantitative estimate of drug-likeness (QED) is 0.532. The van der Waals surface area contributed by atoms with E-state index in [9.17, 15) is 28.2 Å². The number of halogens is 3. The molecule has 2 N–H and O–H groups in total. The average Bonchev–Trinajstić information content (AvgIpc) is 3.67. The number of likely N-dealkylation sites (tertiary alicyclic amines) is 1. The summed E-state index contributed by atoms with van der Waals surface area (Å²) in [4.78, 5) is 17.4. The maximum atomic E-state index is 13.3. The van der Waals surface area contributed by atoms with Crippen molar-refractivity contribution in [3.8, 4) is 11.5 Å². The highest BCUT2D eigenvalue weighted by atomic mass is 19.4. The number of amides is 1. The first-order chi connectivity index (χ1) is 19.0. The van der Waals surface area contributed by atoms with Gasteiger partial charge in [-0.25, -0.2) is 0 Å². The van der Waals surface area contributed by atoms with Crippen LogP contribution in [-0.2, 0) is 22.8 Å². The Bertz CT molecular complexity index is 1390. The SMILES string of the molecule is CN(C(=O)C=Cc1ccc(C(F)(F)F)cc1)[C@H]1CC[C@]2(O)[C@H]3Cc4ccc(O)c5c4[C@@]2(CCN3CC2CC2)[C@H]1O5. The molecule has 0 radical (unpaired) electrons. The fourth-order valence-corrected chi connectivity index (χ4v) is 8.08. The Morgan fingerprint density at radius 3 is 2.60 bits per heavy atom. The summed E-state index contributed by atoms with van der Waals surface area (Å²) in [6.07, 6.45) is 2.86. The van der Waals surface area contributed by atoms with Crippen LogP contribution in [0, 0.1) is 5.92 Å². The molecule has 2 saturated carbocycles. The molecule has 1 spiro atoms. The van der Waals surface area contributed by atoms with Crippen molar-refractivity contribution in [1.29, 1.82) is 0 Å². The topological polar surface area (TPSA) is 73.2 Å². The molecule has 2 aliphatic heterocycles. The summed E-state index contributed by atoms with van der Waals surface area (Å²) in [5, 5.41) is 23.4. The molecule has 0 aromatic heterocycles. The summed E-state index contributed by atoms with van der Waals surface area (Å²) in [5.41, 5.74) is -0.00276. The number of hydrogen-bond donors (Lipinski definition) is 2. The molecule has 212 valence electrons. The fourth-order valence-electron chi connectivity index (χ4n) is 8.08. The second-order valence-electron chi connectivity index (χ2n) is 12.3. The van der Waals surface area contributed by atoms with E-state index in [1.807, 2.05) is 6.07 Å². The third-order valence-corrected chi connectivity index (χ3v) is 10.2. The summed E-state index contributed by atoms with van der Waals surface area (Å²) in [7, 11) is 1.71. The molecule has 5 aliphatic rings. The summed E-state index contributed by atoms with van der Waals surface area (Å²) >= 11 is 0. The standard InChI is InChI=1S/C31H33F3N2O4/c1-35(25(38)11-6-18-4-8-21(9-5-18)31(32,33)34)22-12-13-30(39)24-16-20-7-10-23(37)27-26(20)29(30,28(22)40-27)14-15-36(24)17-19-2-3-19/h4-11,19,22,24,28,37,39H,2-3,12-17H2,1H3/t22-,24+,28-,29-,30-/m0/s1. The molecule has 6 nitrogen and oxygen atoms in total. The highest BCUT2D eigenvalue weighted by molar-refractivity contribution is 5.92. The zero-order valence-corrected chi connectivity index (χ0v) is 22.3. The Hall–Kier alpha value is -3.04. The number of carbonyl (C=O) groups excluding carboxylic acids is 1. The van der Waals surface area contributed by atoms with Crippen LogP contribution in [0.4, 0.5) is 13.2 Å². The van der Waals surface area contributed by atoms with E-state index in [0.29, 0.717) is 42.9 Å². The maximum Gasteiger partial charge on any atom is 0.416 e. The smallest absolute Gasteiger partial charge is 0.416 e. The first-order valence-corrected chi connectivity index (χ1v) is 14.1. The van der Waals surface area contributed by atoms with Crippen molar-refractivity contribution >= 4 is 12.0 Å². The molecule has 0 unspecified atom stereocenters. The number of phenols is 1. The summed E-state index contributed by atoms with van der Waals surface area (Å²) in [6.45, 7) is 1.82. The number of nitrogens with zero attached hydrogens (tertiary/aromatic N) is 2. The number of benzene rings is 2. The first kappa shape index (κ1) is 25.9. The fraction of sp³-hybridized carbons (Fsp3) is 0.516. The van der Waals surface area contributed by atoms with Crippen molar-refractivity contribution < 1.29 is 32.9 Å². The Balaban J connectivity index is 1.19. The lowest BCUT2D eigenvalue weighted by molar-refractivity contribution is -0.200. The van der Waals surface area contributed by atoms with Gasteiger partial charge in [-0.3, -0.25) is 9.69 Å². The molecule has 2 aromatic rings.